The molecule has 0 saturated carbocycles. The molecule has 0 amide bonds. The van der Waals surface area contributed by atoms with Crippen LogP contribution in [0.1, 0.15) is 23.2 Å². The number of rotatable bonds is 2. The predicted molar refractivity (Wildman–Crippen MR) is 54.2 cm³/mol. The summed E-state index contributed by atoms with van der Waals surface area (Å²) in [6.45, 7) is 0. The van der Waals surface area contributed by atoms with Crippen LogP contribution in [0.4, 0.5) is 8.78 Å². The molecule has 0 unspecified atom stereocenters. The van der Waals surface area contributed by atoms with Crippen LogP contribution in [0.3, 0.4) is 0 Å². The van der Waals surface area contributed by atoms with Crippen molar-refractivity contribution >= 4 is 31.9 Å². The van der Waals surface area contributed by atoms with E-state index in [2.05, 4.69) is 36.8 Å². The van der Waals surface area contributed by atoms with Crippen LogP contribution in [0.25, 0.3) is 0 Å². The lowest BCUT2D eigenvalue weighted by Gasteiger charge is -2.09. The highest BCUT2D eigenvalue weighted by molar-refractivity contribution is 9.10. The third-order valence-corrected chi connectivity index (χ3v) is 2.88. The van der Waals surface area contributed by atoms with Gasteiger partial charge in [-0.05, 0) is 21.5 Å². The lowest BCUT2D eigenvalue weighted by molar-refractivity contribution is 0.149. The summed E-state index contributed by atoms with van der Waals surface area (Å²) in [7, 11) is 0. The molecule has 1 aromatic heterocycles. The number of aromatic nitrogens is 1. The second-order valence-electron chi connectivity index (χ2n) is 2.39. The molecular formula is C8H4Br2F2N2. The smallest absolute Gasteiger partial charge is 0.244 e. The van der Waals surface area contributed by atoms with E-state index in [9.17, 15) is 8.78 Å². The first-order valence-corrected chi connectivity index (χ1v) is 5.44. The van der Waals surface area contributed by atoms with Gasteiger partial charge < -0.3 is 0 Å². The minimum atomic E-state index is -2.69. The summed E-state index contributed by atoms with van der Waals surface area (Å²) in [4.78, 5) is 3.62. The average Bonchev–Trinajstić information content (AvgIpc) is 2.17. The second kappa shape index (κ2) is 4.80. The Kier molecular flexibility index (Phi) is 3.96. The molecule has 0 aliphatic heterocycles. The number of pyridine rings is 1. The molecule has 0 fully saturated rings. The fraction of sp³-hybridized carbons (Fsp3) is 0.250. The largest absolute Gasteiger partial charge is 0.266 e. The van der Waals surface area contributed by atoms with E-state index in [1.165, 1.54) is 6.20 Å². The highest BCUT2D eigenvalue weighted by atomic mass is 79.9. The van der Waals surface area contributed by atoms with Gasteiger partial charge in [0.15, 0.2) is 0 Å². The lowest BCUT2D eigenvalue weighted by atomic mass is 10.1. The summed E-state index contributed by atoms with van der Waals surface area (Å²) in [5.74, 6) is 0. The first-order valence-electron chi connectivity index (χ1n) is 3.53. The number of hydrogen-bond acceptors (Lipinski definition) is 2. The third kappa shape index (κ3) is 2.10. The molecule has 0 aliphatic carbocycles. The van der Waals surface area contributed by atoms with Crippen LogP contribution in [-0.2, 0) is 5.33 Å². The molecule has 0 N–H and O–H groups in total. The van der Waals surface area contributed by atoms with E-state index in [0.29, 0.717) is 10.0 Å². The monoisotopic (exact) mass is 324 g/mol. The SMILES string of the molecule is N#Cc1ncc(Br)c(CBr)c1C(F)F. The molecule has 0 spiro atoms. The minimum absolute atomic E-state index is 0.224. The molecule has 0 aliphatic rings. The summed E-state index contributed by atoms with van der Waals surface area (Å²) < 4.78 is 25.7. The van der Waals surface area contributed by atoms with Gasteiger partial charge in [-0.1, -0.05) is 15.9 Å². The highest BCUT2D eigenvalue weighted by Crippen LogP contribution is 2.31. The molecule has 0 atom stereocenters. The van der Waals surface area contributed by atoms with E-state index in [1.807, 2.05) is 0 Å². The number of halogens is 4. The van der Waals surface area contributed by atoms with E-state index >= 15 is 0 Å². The fourth-order valence-corrected chi connectivity index (χ4v) is 2.44. The fourth-order valence-electron chi connectivity index (χ4n) is 1.00. The van der Waals surface area contributed by atoms with Gasteiger partial charge in [0.05, 0.1) is 5.56 Å². The zero-order valence-electron chi connectivity index (χ0n) is 6.77. The van der Waals surface area contributed by atoms with Gasteiger partial charge in [-0.2, -0.15) is 5.26 Å². The summed E-state index contributed by atoms with van der Waals surface area (Å²) in [5, 5.41) is 8.86. The van der Waals surface area contributed by atoms with Gasteiger partial charge >= 0.3 is 0 Å². The highest BCUT2D eigenvalue weighted by Gasteiger charge is 2.20. The average molecular weight is 326 g/mol. The van der Waals surface area contributed by atoms with E-state index in [-0.39, 0.29) is 16.6 Å². The molecule has 0 radical (unpaired) electrons. The van der Waals surface area contributed by atoms with Gasteiger partial charge in [-0.25, -0.2) is 13.8 Å². The Balaban J connectivity index is 3.46. The zero-order chi connectivity index (χ0) is 10.7. The van der Waals surface area contributed by atoms with Crippen molar-refractivity contribution in [1.29, 1.82) is 5.26 Å². The maximum atomic E-state index is 12.6. The summed E-state index contributed by atoms with van der Waals surface area (Å²) in [6, 6.07) is 1.65. The van der Waals surface area contributed by atoms with Crippen LogP contribution in [0.5, 0.6) is 0 Å². The van der Waals surface area contributed by atoms with Crippen LogP contribution in [-0.4, -0.2) is 4.98 Å². The molecular weight excluding hydrogens is 322 g/mol. The summed E-state index contributed by atoms with van der Waals surface area (Å²) in [5.41, 5.74) is -0.164. The van der Waals surface area contributed by atoms with Crippen LogP contribution in [0, 0.1) is 11.3 Å². The number of nitriles is 1. The molecule has 6 heteroatoms. The van der Waals surface area contributed by atoms with Crippen molar-refractivity contribution in [2.45, 2.75) is 11.8 Å². The lowest BCUT2D eigenvalue weighted by Crippen LogP contribution is -2.00. The second-order valence-corrected chi connectivity index (χ2v) is 3.81. The van der Waals surface area contributed by atoms with Gasteiger partial charge in [0.2, 0.25) is 0 Å². The summed E-state index contributed by atoms with van der Waals surface area (Å²) in [6.07, 6.45) is -1.34. The van der Waals surface area contributed by atoms with Crippen molar-refractivity contribution < 1.29 is 8.78 Å². The Hall–Kier alpha value is -0.540. The Morgan fingerprint density at radius 3 is 2.64 bits per heavy atom. The van der Waals surface area contributed by atoms with Crippen molar-refractivity contribution in [2.75, 3.05) is 0 Å². The van der Waals surface area contributed by atoms with Crippen LogP contribution >= 0.6 is 31.9 Å². The van der Waals surface area contributed by atoms with Crippen molar-refractivity contribution in [2.24, 2.45) is 0 Å². The van der Waals surface area contributed by atoms with Gasteiger partial charge in [0, 0.05) is 16.0 Å². The van der Waals surface area contributed by atoms with Crippen molar-refractivity contribution in [3.63, 3.8) is 0 Å². The van der Waals surface area contributed by atoms with E-state index in [1.54, 1.807) is 6.07 Å². The summed E-state index contributed by atoms with van der Waals surface area (Å²) >= 11 is 6.19. The first-order chi connectivity index (χ1) is 6.61. The Labute approximate surface area is 96.2 Å². The number of hydrogen-bond donors (Lipinski definition) is 0. The molecule has 0 saturated heterocycles. The Morgan fingerprint density at radius 1 is 1.57 bits per heavy atom. The molecule has 14 heavy (non-hydrogen) atoms. The molecule has 2 nitrogen and oxygen atoms in total. The maximum Gasteiger partial charge on any atom is 0.266 e. The number of alkyl halides is 3. The van der Waals surface area contributed by atoms with Gasteiger partial charge in [0.1, 0.15) is 11.8 Å². The van der Waals surface area contributed by atoms with E-state index in [4.69, 9.17) is 5.26 Å². The molecule has 1 rings (SSSR count). The van der Waals surface area contributed by atoms with Gasteiger partial charge in [0.25, 0.3) is 6.43 Å². The van der Waals surface area contributed by atoms with Crippen molar-refractivity contribution in [3.05, 3.63) is 27.5 Å². The molecule has 0 aromatic carbocycles. The molecule has 74 valence electrons. The zero-order valence-corrected chi connectivity index (χ0v) is 9.94. The quantitative estimate of drug-likeness (QED) is 0.780. The van der Waals surface area contributed by atoms with Crippen LogP contribution in [0.15, 0.2) is 10.7 Å². The predicted octanol–water partition coefficient (Wildman–Crippen LogP) is 3.55. The van der Waals surface area contributed by atoms with Crippen molar-refractivity contribution in [3.8, 4) is 6.07 Å². The number of nitrogens with zero attached hydrogens (tertiary/aromatic N) is 2. The standard InChI is InChI=1S/C8H4Br2F2N2/c9-1-4-5(10)3-14-6(2-13)7(4)8(11)12/h3,8H,1H2. The van der Waals surface area contributed by atoms with Gasteiger partial charge in [-0.15, -0.1) is 0 Å². The Bertz CT molecular complexity index is 388. The first kappa shape index (κ1) is 11.5. The van der Waals surface area contributed by atoms with Crippen molar-refractivity contribution in [1.82, 2.24) is 4.98 Å². The normalized spacial score (nSPS) is 10.3. The van der Waals surface area contributed by atoms with E-state index < -0.39 is 6.43 Å². The van der Waals surface area contributed by atoms with Gasteiger partial charge in [-0.3, -0.25) is 0 Å². The maximum absolute atomic E-state index is 12.6. The molecule has 0 bridgehead atoms. The minimum Gasteiger partial charge on any atom is -0.244 e. The van der Waals surface area contributed by atoms with E-state index in [0.717, 1.165) is 0 Å². The van der Waals surface area contributed by atoms with Crippen LogP contribution in [0.2, 0.25) is 0 Å². The molecule has 1 heterocycles. The molecule has 1 aromatic rings. The topological polar surface area (TPSA) is 36.7 Å². The third-order valence-electron chi connectivity index (χ3n) is 1.63. The Morgan fingerprint density at radius 2 is 2.21 bits per heavy atom. The van der Waals surface area contributed by atoms with Crippen LogP contribution < -0.4 is 0 Å².